The predicted octanol–water partition coefficient (Wildman–Crippen LogP) is 4.59. The van der Waals surface area contributed by atoms with Gasteiger partial charge < -0.3 is 4.42 Å². The molecule has 1 atom stereocenters. The van der Waals surface area contributed by atoms with Crippen LogP contribution in [0.2, 0.25) is 0 Å². The van der Waals surface area contributed by atoms with Crippen LogP contribution in [0.15, 0.2) is 58.2 Å². The van der Waals surface area contributed by atoms with Gasteiger partial charge in [0.25, 0.3) is 5.22 Å². The third kappa shape index (κ3) is 3.37. The molecule has 126 valence electrons. The lowest BCUT2D eigenvalue weighted by Crippen LogP contribution is -2.13. The van der Waals surface area contributed by atoms with Gasteiger partial charge in [-0.1, -0.05) is 42.1 Å². The van der Waals surface area contributed by atoms with Crippen molar-refractivity contribution in [3.63, 3.8) is 0 Å². The van der Waals surface area contributed by atoms with Crippen LogP contribution in [0.1, 0.15) is 34.8 Å². The van der Waals surface area contributed by atoms with Crippen LogP contribution in [0.4, 0.5) is 0 Å². The standard InChI is InChI=1S/C20H18N2O2S/c1-13(18(23)17-11-10-14-8-5-9-16(14)12-17)25-20-22-21-19(24-20)15-6-3-2-4-7-15/h2-4,6-7,10-13H,5,8-9H2,1H3/t13-/m1/s1. The fourth-order valence-electron chi connectivity index (χ4n) is 3.12. The molecule has 0 spiro atoms. The van der Waals surface area contributed by atoms with Crippen LogP contribution >= 0.6 is 11.8 Å². The van der Waals surface area contributed by atoms with Crippen LogP contribution in [-0.4, -0.2) is 21.2 Å². The van der Waals surface area contributed by atoms with E-state index >= 15 is 0 Å². The molecule has 0 N–H and O–H groups in total. The van der Waals surface area contributed by atoms with Gasteiger partial charge in [0, 0.05) is 11.1 Å². The average molecular weight is 350 g/mol. The summed E-state index contributed by atoms with van der Waals surface area (Å²) in [7, 11) is 0. The number of rotatable bonds is 5. The highest BCUT2D eigenvalue weighted by atomic mass is 32.2. The summed E-state index contributed by atoms with van der Waals surface area (Å²) in [4.78, 5) is 12.7. The Bertz CT molecular complexity index is 905. The van der Waals surface area contributed by atoms with Gasteiger partial charge in [-0.05, 0) is 55.5 Å². The van der Waals surface area contributed by atoms with Gasteiger partial charge in [0.15, 0.2) is 5.78 Å². The van der Waals surface area contributed by atoms with Gasteiger partial charge in [0.1, 0.15) is 0 Å². The number of hydrogen-bond donors (Lipinski definition) is 0. The van der Waals surface area contributed by atoms with Crippen LogP contribution in [0, 0.1) is 0 Å². The molecule has 0 unspecified atom stereocenters. The Morgan fingerprint density at radius 3 is 2.72 bits per heavy atom. The molecule has 5 heteroatoms. The van der Waals surface area contributed by atoms with Crippen molar-refractivity contribution in [3.05, 3.63) is 65.2 Å². The third-order valence-electron chi connectivity index (χ3n) is 4.46. The van der Waals surface area contributed by atoms with Gasteiger partial charge in [0.2, 0.25) is 5.89 Å². The number of aryl methyl sites for hydroxylation is 2. The van der Waals surface area contributed by atoms with Crippen LogP contribution in [0.3, 0.4) is 0 Å². The molecule has 3 aromatic rings. The van der Waals surface area contributed by atoms with Crippen LogP contribution < -0.4 is 0 Å². The molecular weight excluding hydrogens is 332 g/mol. The number of Topliss-reactive ketones (excluding diaryl/α,β-unsaturated/α-hetero) is 1. The maximum absolute atomic E-state index is 12.7. The lowest BCUT2D eigenvalue weighted by molar-refractivity contribution is 0.0993. The summed E-state index contributed by atoms with van der Waals surface area (Å²) in [5.74, 6) is 0.569. The van der Waals surface area contributed by atoms with Crippen molar-refractivity contribution in [2.45, 2.75) is 36.7 Å². The predicted molar refractivity (Wildman–Crippen MR) is 97.9 cm³/mol. The van der Waals surface area contributed by atoms with E-state index in [1.807, 2.05) is 49.4 Å². The molecular formula is C20H18N2O2S. The molecule has 1 aliphatic rings. The fourth-order valence-corrected chi connectivity index (χ4v) is 3.88. The molecule has 2 aromatic carbocycles. The first kappa shape index (κ1) is 16.1. The molecule has 1 heterocycles. The Morgan fingerprint density at radius 1 is 1.08 bits per heavy atom. The van der Waals surface area contributed by atoms with Crippen molar-refractivity contribution in [2.75, 3.05) is 0 Å². The highest BCUT2D eigenvalue weighted by Crippen LogP contribution is 2.29. The van der Waals surface area contributed by atoms with E-state index in [9.17, 15) is 4.79 Å². The molecule has 0 aliphatic heterocycles. The largest absolute Gasteiger partial charge is 0.411 e. The molecule has 0 bridgehead atoms. The summed E-state index contributed by atoms with van der Waals surface area (Å²) in [6.07, 6.45) is 3.38. The maximum atomic E-state index is 12.7. The van der Waals surface area contributed by atoms with Crippen molar-refractivity contribution >= 4 is 17.5 Å². The van der Waals surface area contributed by atoms with Gasteiger partial charge in [-0.25, -0.2) is 0 Å². The van der Waals surface area contributed by atoms with Crippen LogP contribution in [0.5, 0.6) is 0 Å². The van der Waals surface area contributed by atoms with Crippen molar-refractivity contribution < 1.29 is 9.21 Å². The minimum absolute atomic E-state index is 0.0964. The number of carbonyl (C=O) groups excluding carboxylic acids is 1. The maximum Gasteiger partial charge on any atom is 0.277 e. The Hall–Kier alpha value is -2.40. The summed E-state index contributed by atoms with van der Waals surface area (Å²) < 4.78 is 5.69. The lowest BCUT2D eigenvalue weighted by atomic mass is 10.0. The lowest BCUT2D eigenvalue weighted by Gasteiger charge is -2.09. The molecule has 0 saturated carbocycles. The zero-order chi connectivity index (χ0) is 17.2. The molecule has 1 aliphatic carbocycles. The highest BCUT2D eigenvalue weighted by Gasteiger charge is 2.21. The molecule has 4 nitrogen and oxygen atoms in total. The number of thioether (sulfide) groups is 1. The normalized spacial score (nSPS) is 14.3. The average Bonchev–Trinajstić information content (AvgIpc) is 3.30. The zero-order valence-electron chi connectivity index (χ0n) is 13.9. The van der Waals surface area contributed by atoms with Crippen molar-refractivity contribution in [1.29, 1.82) is 0 Å². The molecule has 1 aromatic heterocycles. The summed E-state index contributed by atoms with van der Waals surface area (Å²) in [6.45, 7) is 1.88. The highest BCUT2D eigenvalue weighted by molar-refractivity contribution is 8.00. The minimum atomic E-state index is -0.275. The van der Waals surface area contributed by atoms with Crippen molar-refractivity contribution in [3.8, 4) is 11.5 Å². The minimum Gasteiger partial charge on any atom is -0.411 e. The second-order valence-corrected chi connectivity index (χ2v) is 7.49. The van der Waals surface area contributed by atoms with E-state index in [1.165, 1.54) is 29.3 Å². The van der Waals surface area contributed by atoms with E-state index in [1.54, 1.807) is 0 Å². The van der Waals surface area contributed by atoms with E-state index in [4.69, 9.17) is 4.42 Å². The third-order valence-corrected chi connectivity index (χ3v) is 5.39. The Morgan fingerprint density at radius 2 is 1.88 bits per heavy atom. The Balaban J connectivity index is 1.47. The molecule has 0 radical (unpaired) electrons. The van der Waals surface area contributed by atoms with Gasteiger partial charge in [-0.2, -0.15) is 0 Å². The van der Waals surface area contributed by atoms with Crippen LogP contribution in [0.25, 0.3) is 11.5 Å². The summed E-state index contributed by atoms with van der Waals surface area (Å²) >= 11 is 1.31. The number of fused-ring (bicyclic) bond motifs is 1. The molecule has 4 rings (SSSR count). The number of nitrogens with zero attached hydrogens (tertiary/aromatic N) is 2. The first-order chi connectivity index (χ1) is 12.2. The topological polar surface area (TPSA) is 56.0 Å². The second-order valence-electron chi connectivity index (χ2n) is 6.20. The molecule has 0 amide bonds. The van der Waals surface area contributed by atoms with E-state index in [0.29, 0.717) is 11.1 Å². The molecule has 0 fully saturated rings. The number of carbonyl (C=O) groups is 1. The van der Waals surface area contributed by atoms with E-state index in [-0.39, 0.29) is 11.0 Å². The molecule has 0 saturated heterocycles. The Labute approximate surface area is 150 Å². The van der Waals surface area contributed by atoms with E-state index in [0.717, 1.165) is 24.0 Å². The number of aromatic nitrogens is 2. The van der Waals surface area contributed by atoms with Crippen molar-refractivity contribution in [2.24, 2.45) is 0 Å². The zero-order valence-corrected chi connectivity index (χ0v) is 14.8. The van der Waals surface area contributed by atoms with Crippen molar-refractivity contribution in [1.82, 2.24) is 10.2 Å². The van der Waals surface area contributed by atoms with Gasteiger partial charge >= 0.3 is 0 Å². The summed E-state index contributed by atoms with van der Waals surface area (Å²) in [6, 6.07) is 15.7. The van der Waals surface area contributed by atoms with Crippen LogP contribution in [-0.2, 0) is 12.8 Å². The summed E-state index contributed by atoms with van der Waals surface area (Å²) in [5, 5.41) is 8.27. The fraction of sp³-hybridized carbons (Fsp3) is 0.250. The van der Waals surface area contributed by atoms with E-state index in [2.05, 4.69) is 16.3 Å². The van der Waals surface area contributed by atoms with E-state index < -0.39 is 0 Å². The number of hydrogen-bond acceptors (Lipinski definition) is 5. The first-order valence-electron chi connectivity index (χ1n) is 8.42. The second kappa shape index (κ2) is 6.84. The van der Waals surface area contributed by atoms with Gasteiger partial charge in [-0.3, -0.25) is 4.79 Å². The monoisotopic (exact) mass is 350 g/mol. The number of ketones is 1. The Kier molecular flexibility index (Phi) is 4.40. The SMILES string of the molecule is C[C@@H](Sc1nnc(-c2ccccc2)o1)C(=O)c1ccc2c(c1)CCC2. The smallest absolute Gasteiger partial charge is 0.277 e. The quantitative estimate of drug-likeness (QED) is 0.498. The summed E-state index contributed by atoms with van der Waals surface area (Å²) in [5.41, 5.74) is 4.33. The first-order valence-corrected chi connectivity index (χ1v) is 9.30. The van der Waals surface area contributed by atoms with Gasteiger partial charge in [-0.15, -0.1) is 10.2 Å². The molecule has 25 heavy (non-hydrogen) atoms. The number of benzene rings is 2. The van der Waals surface area contributed by atoms with Gasteiger partial charge in [0.05, 0.1) is 5.25 Å².